The Hall–Kier alpha value is -1.71. The average Bonchev–Trinajstić information content (AvgIpc) is 3.05. The summed E-state index contributed by atoms with van der Waals surface area (Å²) in [4.78, 5) is -0.561. The molecule has 3 nitrogen and oxygen atoms in total. The van der Waals surface area contributed by atoms with Crippen LogP contribution in [0.3, 0.4) is 0 Å². The van der Waals surface area contributed by atoms with Crippen molar-refractivity contribution in [2.24, 2.45) is 5.92 Å². The van der Waals surface area contributed by atoms with E-state index in [-0.39, 0.29) is 0 Å². The number of benzene rings is 1. The molecule has 0 radical (unpaired) electrons. The summed E-state index contributed by atoms with van der Waals surface area (Å²) in [7, 11) is 1.86. The van der Waals surface area contributed by atoms with E-state index in [0.29, 0.717) is 12.3 Å². The van der Waals surface area contributed by atoms with Crippen molar-refractivity contribution in [2.75, 3.05) is 12.4 Å². The van der Waals surface area contributed by atoms with Gasteiger partial charge in [0, 0.05) is 30.5 Å². The van der Waals surface area contributed by atoms with Crippen molar-refractivity contribution in [3.05, 3.63) is 69.9 Å². The number of hydrogen-bond donors (Lipinski definition) is 1. The second kappa shape index (κ2) is 6.54. The van der Waals surface area contributed by atoms with Gasteiger partial charge in [-0.05, 0) is 29.9 Å². The zero-order chi connectivity index (χ0) is 17.4. The number of anilines is 1. The van der Waals surface area contributed by atoms with E-state index in [4.69, 9.17) is 27.7 Å². The summed E-state index contributed by atoms with van der Waals surface area (Å²) in [5, 5.41) is 8.14. The molecule has 1 N–H and O–H groups in total. The standard InChI is InChI=1S/C20H20Cl2N2O/c1-23-19-16-8-7-13(11-18(16)24-25-19)15-9-10-20(22,12-17(15)21)14-5-3-2-4-6-14/h2-6,9-10,13,23H,7-8,11-12H2,1H3. The topological polar surface area (TPSA) is 38.1 Å². The largest absolute Gasteiger partial charge is 0.357 e. The van der Waals surface area contributed by atoms with Gasteiger partial charge in [0.1, 0.15) is 0 Å². The van der Waals surface area contributed by atoms with Crippen molar-refractivity contribution in [3.8, 4) is 0 Å². The molecule has 2 aromatic rings. The number of aromatic nitrogens is 1. The predicted octanol–water partition coefficient (Wildman–Crippen LogP) is 5.41. The van der Waals surface area contributed by atoms with E-state index >= 15 is 0 Å². The Balaban J connectivity index is 1.57. The highest BCUT2D eigenvalue weighted by Gasteiger charge is 2.34. The maximum absolute atomic E-state index is 6.86. The summed E-state index contributed by atoms with van der Waals surface area (Å²) >= 11 is 13.6. The minimum atomic E-state index is -0.561. The molecule has 0 saturated carbocycles. The van der Waals surface area contributed by atoms with Crippen LogP contribution in [0.2, 0.25) is 0 Å². The summed E-state index contributed by atoms with van der Waals surface area (Å²) in [5.41, 5.74) is 4.50. The Labute approximate surface area is 157 Å². The highest BCUT2D eigenvalue weighted by molar-refractivity contribution is 6.32. The first kappa shape index (κ1) is 16.7. The molecular weight excluding hydrogens is 355 g/mol. The van der Waals surface area contributed by atoms with Crippen LogP contribution in [0.4, 0.5) is 5.88 Å². The zero-order valence-electron chi connectivity index (χ0n) is 14.1. The van der Waals surface area contributed by atoms with Gasteiger partial charge in [-0.2, -0.15) is 0 Å². The van der Waals surface area contributed by atoms with Gasteiger partial charge in [0.15, 0.2) is 0 Å². The minimum Gasteiger partial charge on any atom is -0.357 e. The van der Waals surface area contributed by atoms with Crippen molar-refractivity contribution in [1.82, 2.24) is 5.16 Å². The Morgan fingerprint density at radius 2 is 2.08 bits per heavy atom. The first-order valence-corrected chi connectivity index (χ1v) is 9.33. The van der Waals surface area contributed by atoms with Crippen LogP contribution in [-0.4, -0.2) is 12.2 Å². The number of halogens is 2. The summed E-state index contributed by atoms with van der Waals surface area (Å²) < 4.78 is 5.37. The van der Waals surface area contributed by atoms with Gasteiger partial charge in [0.2, 0.25) is 5.88 Å². The molecule has 2 aliphatic rings. The molecule has 130 valence electrons. The quantitative estimate of drug-likeness (QED) is 0.729. The van der Waals surface area contributed by atoms with Crippen molar-refractivity contribution in [2.45, 2.75) is 30.6 Å². The van der Waals surface area contributed by atoms with Gasteiger partial charge in [-0.15, -0.1) is 11.6 Å². The maximum Gasteiger partial charge on any atom is 0.227 e. The average molecular weight is 375 g/mol. The van der Waals surface area contributed by atoms with Crippen LogP contribution in [-0.2, 0) is 17.7 Å². The van der Waals surface area contributed by atoms with Crippen LogP contribution in [0.25, 0.3) is 0 Å². The second-order valence-corrected chi connectivity index (χ2v) is 7.86. The Kier molecular flexibility index (Phi) is 4.38. The maximum atomic E-state index is 6.86. The van der Waals surface area contributed by atoms with Gasteiger partial charge in [0.25, 0.3) is 0 Å². The summed E-state index contributed by atoms with van der Waals surface area (Å²) in [6.45, 7) is 0. The van der Waals surface area contributed by atoms with Crippen LogP contribution in [0.1, 0.15) is 29.7 Å². The van der Waals surface area contributed by atoms with Crippen molar-refractivity contribution < 1.29 is 4.52 Å². The molecule has 1 heterocycles. The molecule has 25 heavy (non-hydrogen) atoms. The molecule has 0 bridgehead atoms. The number of nitrogens with zero attached hydrogens (tertiary/aromatic N) is 1. The molecule has 1 aromatic heterocycles. The number of fused-ring (bicyclic) bond motifs is 1. The van der Waals surface area contributed by atoms with Crippen molar-refractivity contribution in [1.29, 1.82) is 0 Å². The third-order valence-electron chi connectivity index (χ3n) is 5.23. The normalized spacial score (nSPS) is 25.8. The van der Waals surface area contributed by atoms with Crippen LogP contribution >= 0.6 is 23.2 Å². The molecule has 2 unspecified atom stereocenters. The van der Waals surface area contributed by atoms with Gasteiger partial charge in [-0.25, -0.2) is 0 Å². The van der Waals surface area contributed by atoms with Crippen molar-refractivity contribution >= 4 is 29.1 Å². The second-order valence-electron chi connectivity index (χ2n) is 6.73. The molecular formula is C20H20Cl2N2O. The Morgan fingerprint density at radius 1 is 1.28 bits per heavy atom. The first-order chi connectivity index (χ1) is 12.1. The van der Waals surface area contributed by atoms with Crippen LogP contribution in [0, 0.1) is 5.92 Å². The van der Waals surface area contributed by atoms with E-state index in [0.717, 1.165) is 41.4 Å². The molecule has 0 amide bonds. The highest BCUT2D eigenvalue weighted by Crippen LogP contribution is 2.45. The fraction of sp³-hybridized carbons (Fsp3) is 0.350. The summed E-state index contributed by atoms with van der Waals surface area (Å²) in [6, 6.07) is 10.1. The summed E-state index contributed by atoms with van der Waals surface area (Å²) in [5.74, 6) is 1.15. The van der Waals surface area contributed by atoms with E-state index in [2.05, 4.69) is 22.6 Å². The molecule has 0 saturated heterocycles. The minimum absolute atomic E-state index is 0.364. The van der Waals surface area contributed by atoms with E-state index < -0.39 is 4.87 Å². The van der Waals surface area contributed by atoms with E-state index in [1.165, 1.54) is 11.1 Å². The molecule has 0 spiro atoms. The number of nitrogens with one attached hydrogen (secondary N) is 1. The fourth-order valence-electron chi connectivity index (χ4n) is 3.85. The highest BCUT2D eigenvalue weighted by atomic mass is 35.5. The first-order valence-electron chi connectivity index (χ1n) is 8.58. The summed E-state index contributed by atoms with van der Waals surface area (Å²) in [6.07, 6.45) is 7.67. The molecule has 4 rings (SSSR count). The SMILES string of the molecule is CNc1onc2c1CCC(C1=C(Cl)CC(Cl)(c3ccccc3)C=C1)C2. The van der Waals surface area contributed by atoms with E-state index in [9.17, 15) is 0 Å². The lowest BCUT2D eigenvalue weighted by molar-refractivity contribution is 0.418. The smallest absolute Gasteiger partial charge is 0.227 e. The van der Waals surface area contributed by atoms with Crippen LogP contribution in [0.5, 0.6) is 0 Å². The van der Waals surface area contributed by atoms with Gasteiger partial charge >= 0.3 is 0 Å². The van der Waals surface area contributed by atoms with Crippen molar-refractivity contribution in [3.63, 3.8) is 0 Å². The predicted molar refractivity (Wildman–Crippen MR) is 102 cm³/mol. The zero-order valence-corrected chi connectivity index (χ0v) is 15.6. The van der Waals surface area contributed by atoms with Gasteiger partial charge in [0.05, 0.1) is 10.6 Å². The van der Waals surface area contributed by atoms with Crippen LogP contribution < -0.4 is 5.32 Å². The lowest BCUT2D eigenvalue weighted by atomic mass is 9.78. The van der Waals surface area contributed by atoms with Crippen LogP contribution in [0.15, 0.2) is 57.6 Å². The molecule has 0 aliphatic heterocycles. The van der Waals surface area contributed by atoms with E-state index in [1.807, 2.05) is 37.4 Å². The monoisotopic (exact) mass is 374 g/mol. The fourth-order valence-corrected chi connectivity index (χ4v) is 4.67. The molecule has 5 heteroatoms. The van der Waals surface area contributed by atoms with E-state index in [1.54, 1.807) is 0 Å². The van der Waals surface area contributed by atoms with Gasteiger partial charge in [-0.1, -0.05) is 59.2 Å². The third kappa shape index (κ3) is 3.00. The number of rotatable bonds is 3. The van der Waals surface area contributed by atoms with Gasteiger partial charge < -0.3 is 9.84 Å². The lowest BCUT2D eigenvalue weighted by Gasteiger charge is -2.31. The molecule has 1 aromatic carbocycles. The molecule has 2 atom stereocenters. The number of hydrogen-bond acceptors (Lipinski definition) is 3. The third-order valence-corrected chi connectivity index (χ3v) is 6.06. The molecule has 0 fully saturated rings. The van der Waals surface area contributed by atoms with Gasteiger partial charge in [-0.3, -0.25) is 0 Å². The molecule has 2 aliphatic carbocycles. The Morgan fingerprint density at radius 3 is 2.80 bits per heavy atom. The Bertz CT molecular complexity index is 841. The number of allylic oxidation sites excluding steroid dienone is 4. The number of alkyl halides is 1. The lowest BCUT2D eigenvalue weighted by Crippen LogP contribution is -2.23.